The molecule has 128 valence electrons. The van der Waals surface area contributed by atoms with Crippen LogP contribution in [0.5, 0.6) is 0 Å². The number of nitrogens with zero attached hydrogens (tertiary/aromatic N) is 3. The molecule has 2 fully saturated rings. The number of hydrogen-bond donors (Lipinski definition) is 0. The summed E-state index contributed by atoms with van der Waals surface area (Å²) in [5.41, 5.74) is 0. The minimum absolute atomic E-state index is 0.301. The number of carbonyl (C=O) groups excluding carboxylic acids is 1. The van der Waals surface area contributed by atoms with E-state index >= 15 is 0 Å². The van der Waals surface area contributed by atoms with Crippen molar-refractivity contribution in [3.63, 3.8) is 0 Å². The van der Waals surface area contributed by atoms with E-state index in [1.165, 1.54) is 12.8 Å². The largest absolute Gasteiger partial charge is 0.383 e. The maximum Gasteiger partial charge on any atom is 0.232 e. The number of piperidine rings is 1. The number of ether oxygens (including phenoxy) is 1. The van der Waals surface area contributed by atoms with Crippen LogP contribution < -0.4 is 0 Å². The van der Waals surface area contributed by atoms with Crippen molar-refractivity contribution in [2.45, 2.75) is 38.1 Å². The summed E-state index contributed by atoms with van der Waals surface area (Å²) >= 11 is 1.81. The number of carbonyl (C=O) groups is 1. The highest BCUT2D eigenvalue weighted by molar-refractivity contribution is 7.99. The molecule has 1 aliphatic carbocycles. The van der Waals surface area contributed by atoms with Crippen LogP contribution in [0.2, 0.25) is 0 Å². The van der Waals surface area contributed by atoms with Crippen LogP contribution in [-0.2, 0) is 16.1 Å². The normalized spacial score (nSPS) is 21.6. The van der Waals surface area contributed by atoms with Crippen molar-refractivity contribution in [3.05, 3.63) is 18.2 Å². The molecule has 2 heterocycles. The topological polar surface area (TPSA) is 47.4 Å². The minimum Gasteiger partial charge on any atom is -0.383 e. The summed E-state index contributed by atoms with van der Waals surface area (Å²) in [6.07, 6.45) is 8.77. The fourth-order valence-electron chi connectivity index (χ4n) is 3.16. The quantitative estimate of drug-likeness (QED) is 0.731. The van der Waals surface area contributed by atoms with Gasteiger partial charge in [-0.25, -0.2) is 4.98 Å². The molecule has 0 bridgehead atoms. The predicted octanol–water partition coefficient (Wildman–Crippen LogP) is 2.38. The molecule has 0 aromatic carbocycles. The van der Waals surface area contributed by atoms with Gasteiger partial charge in [-0.15, -0.1) is 0 Å². The standard InChI is InChI=1S/C17H27N3O2S/c1-22-10-9-19-8-6-18-17(19)15-3-2-7-20(11-15)16(21)13-23-12-14-4-5-14/h6,8,14-15H,2-5,7,9-13H2,1H3/t15-/m1/s1. The highest BCUT2D eigenvalue weighted by atomic mass is 32.2. The number of rotatable bonds is 8. The Balaban J connectivity index is 1.52. The van der Waals surface area contributed by atoms with Crippen molar-refractivity contribution < 1.29 is 9.53 Å². The van der Waals surface area contributed by atoms with E-state index in [9.17, 15) is 4.79 Å². The van der Waals surface area contributed by atoms with Crippen LogP contribution in [0.4, 0.5) is 0 Å². The Bertz CT molecular complexity index is 516. The van der Waals surface area contributed by atoms with Gasteiger partial charge in [-0.05, 0) is 37.4 Å². The first-order valence-corrected chi connectivity index (χ1v) is 9.79. The van der Waals surface area contributed by atoms with E-state index in [1.807, 2.05) is 29.1 Å². The molecular formula is C17H27N3O2S. The van der Waals surface area contributed by atoms with E-state index < -0.39 is 0 Å². The van der Waals surface area contributed by atoms with Crippen molar-refractivity contribution >= 4 is 17.7 Å². The average Bonchev–Trinajstić information content (AvgIpc) is 3.28. The van der Waals surface area contributed by atoms with Gasteiger partial charge in [0, 0.05) is 45.1 Å². The Hall–Kier alpha value is -1.01. The third-order valence-electron chi connectivity index (χ3n) is 4.70. The van der Waals surface area contributed by atoms with Crippen molar-refractivity contribution in [2.24, 2.45) is 5.92 Å². The summed E-state index contributed by atoms with van der Waals surface area (Å²) in [6, 6.07) is 0. The van der Waals surface area contributed by atoms with E-state index in [4.69, 9.17) is 4.74 Å². The number of amides is 1. The first-order valence-electron chi connectivity index (χ1n) is 8.63. The summed E-state index contributed by atoms with van der Waals surface area (Å²) in [5.74, 6) is 4.44. The van der Waals surface area contributed by atoms with Crippen molar-refractivity contribution in [2.75, 3.05) is 38.3 Å². The lowest BCUT2D eigenvalue weighted by atomic mass is 9.97. The minimum atomic E-state index is 0.301. The Kier molecular flexibility index (Phi) is 6.00. The van der Waals surface area contributed by atoms with Gasteiger partial charge in [0.05, 0.1) is 12.4 Å². The van der Waals surface area contributed by atoms with Gasteiger partial charge < -0.3 is 14.2 Å². The molecule has 5 nitrogen and oxygen atoms in total. The van der Waals surface area contributed by atoms with E-state index in [2.05, 4.69) is 9.55 Å². The molecule has 0 N–H and O–H groups in total. The third kappa shape index (κ3) is 4.73. The van der Waals surface area contributed by atoms with Gasteiger partial charge in [0.2, 0.25) is 5.91 Å². The second-order valence-electron chi connectivity index (χ2n) is 6.61. The van der Waals surface area contributed by atoms with Gasteiger partial charge in [0.25, 0.3) is 0 Å². The van der Waals surface area contributed by atoms with Gasteiger partial charge in [0.1, 0.15) is 5.82 Å². The Morgan fingerprint density at radius 2 is 2.30 bits per heavy atom. The second-order valence-corrected chi connectivity index (χ2v) is 7.64. The lowest BCUT2D eigenvalue weighted by Gasteiger charge is -2.32. The van der Waals surface area contributed by atoms with Gasteiger partial charge in [0.15, 0.2) is 0 Å². The number of thioether (sulfide) groups is 1. The third-order valence-corrected chi connectivity index (χ3v) is 5.86. The maximum atomic E-state index is 12.4. The van der Waals surface area contributed by atoms with Crippen molar-refractivity contribution in [1.29, 1.82) is 0 Å². The van der Waals surface area contributed by atoms with E-state index in [0.717, 1.165) is 50.0 Å². The number of likely N-dealkylation sites (tertiary alicyclic amines) is 1. The molecule has 6 heteroatoms. The molecule has 23 heavy (non-hydrogen) atoms. The van der Waals surface area contributed by atoms with Crippen molar-refractivity contribution in [3.8, 4) is 0 Å². The van der Waals surface area contributed by atoms with E-state index in [-0.39, 0.29) is 0 Å². The molecule has 1 aromatic heterocycles. The fraction of sp³-hybridized carbons (Fsp3) is 0.765. The number of imidazole rings is 1. The summed E-state index contributed by atoms with van der Waals surface area (Å²) in [4.78, 5) is 19.0. The summed E-state index contributed by atoms with van der Waals surface area (Å²) in [7, 11) is 1.72. The summed E-state index contributed by atoms with van der Waals surface area (Å²) in [5, 5.41) is 0. The summed E-state index contributed by atoms with van der Waals surface area (Å²) in [6.45, 7) is 3.23. The highest BCUT2D eigenvalue weighted by Crippen LogP contribution is 2.32. The zero-order chi connectivity index (χ0) is 16.1. The SMILES string of the molecule is COCCn1ccnc1[C@@H]1CCCN(C(=O)CSCC2CC2)C1. The molecule has 1 aromatic rings. The van der Waals surface area contributed by atoms with Crippen LogP contribution in [0.25, 0.3) is 0 Å². The Labute approximate surface area is 142 Å². The van der Waals surface area contributed by atoms with E-state index in [1.54, 1.807) is 7.11 Å². The number of hydrogen-bond acceptors (Lipinski definition) is 4. The van der Waals surface area contributed by atoms with Crippen LogP contribution in [0.1, 0.15) is 37.4 Å². The maximum absolute atomic E-state index is 12.4. The molecule has 3 rings (SSSR count). The van der Waals surface area contributed by atoms with Gasteiger partial charge in [-0.3, -0.25) is 4.79 Å². The van der Waals surface area contributed by atoms with Crippen LogP contribution in [0.3, 0.4) is 0 Å². The van der Waals surface area contributed by atoms with Crippen LogP contribution >= 0.6 is 11.8 Å². The number of aromatic nitrogens is 2. The zero-order valence-corrected chi connectivity index (χ0v) is 14.8. The number of methoxy groups -OCH3 is 1. The molecule has 1 atom stereocenters. The average molecular weight is 337 g/mol. The zero-order valence-electron chi connectivity index (χ0n) is 13.9. The first kappa shape index (κ1) is 16.8. The lowest BCUT2D eigenvalue weighted by Crippen LogP contribution is -2.40. The van der Waals surface area contributed by atoms with Crippen molar-refractivity contribution in [1.82, 2.24) is 14.5 Å². The Morgan fingerprint density at radius 3 is 3.09 bits per heavy atom. The molecular weight excluding hydrogens is 310 g/mol. The van der Waals surface area contributed by atoms with E-state index in [0.29, 0.717) is 24.2 Å². The highest BCUT2D eigenvalue weighted by Gasteiger charge is 2.28. The molecule has 0 unspecified atom stereocenters. The molecule has 1 aliphatic heterocycles. The molecule has 1 amide bonds. The van der Waals surface area contributed by atoms with Crippen LogP contribution in [-0.4, -0.2) is 58.7 Å². The smallest absolute Gasteiger partial charge is 0.232 e. The molecule has 1 saturated carbocycles. The van der Waals surface area contributed by atoms with Gasteiger partial charge >= 0.3 is 0 Å². The molecule has 0 radical (unpaired) electrons. The predicted molar refractivity (Wildman–Crippen MR) is 92.7 cm³/mol. The van der Waals surface area contributed by atoms with Crippen LogP contribution in [0.15, 0.2) is 12.4 Å². The Morgan fingerprint density at radius 1 is 1.43 bits per heavy atom. The van der Waals surface area contributed by atoms with Crippen LogP contribution in [0, 0.1) is 5.92 Å². The lowest BCUT2D eigenvalue weighted by molar-refractivity contribution is -0.129. The van der Waals surface area contributed by atoms with Gasteiger partial charge in [-0.2, -0.15) is 11.8 Å². The summed E-state index contributed by atoms with van der Waals surface area (Å²) < 4.78 is 7.34. The second kappa shape index (κ2) is 8.20. The fourth-order valence-corrected chi connectivity index (χ4v) is 4.30. The molecule has 2 aliphatic rings. The van der Waals surface area contributed by atoms with Gasteiger partial charge in [-0.1, -0.05) is 0 Å². The molecule has 1 saturated heterocycles. The monoisotopic (exact) mass is 337 g/mol. The molecule has 0 spiro atoms. The first-order chi connectivity index (χ1) is 11.3.